The maximum atomic E-state index is 12.6. The van der Waals surface area contributed by atoms with Gasteiger partial charge in [0, 0.05) is 21.5 Å². The number of amides is 1. The van der Waals surface area contributed by atoms with Crippen LogP contribution in [0.1, 0.15) is 27.3 Å². The summed E-state index contributed by atoms with van der Waals surface area (Å²) < 4.78 is 7.68. The number of nitrogens with zero attached hydrogens (tertiary/aromatic N) is 4. The van der Waals surface area contributed by atoms with Crippen molar-refractivity contribution in [1.82, 2.24) is 20.0 Å². The minimum atomic E-state index is -0.234. The monoisotopic (exact) mass is 506 g/mol. The molecule has 0 aliphatic heterocycles. The Balaban J connectivity index is 1.42. The van der Waals surface area contributed by atoms with E-state index in [1.165, 1.54) is 0 Å². The summed E-state index contributed by atoms with van der Waals surface area (Å²) in [4.78, 5) is 12.6. The van der Waals surface area contributed by atoms with Crippen molar-refractivity contribution in [2.75, 3.05) is 17.7 Å². The molecule has 2 aromatic heterocycles. The van der Waals surface area contributed by atoms with Crippen molar-refractivity contribution < 1.29 is 9.53 Å². The maximum Gasteiger partial charge on any atom is 0.256 e. The molecule has 0 unspecified atom stereocenters. The lowest BCUT2D eigenvalue weighted by atomic mass is 10.2. The second-order valence-corrected chi connectivity index (χ2v) is 8.34. The molecule has 0 saturated carbocycles. The molecule has 4 rings (SSSR count). The zero-order valence-electron chi connectivity index (χ0n) is 18.7. The summed E-state index contributed by atoms with van der Waals surface area (Å²) in [5.41, 5.74) is 5.14. The molecule has 0 aliphatic carbocycles. The van der Waals surface area contributed by atoms with Gasteiger partial charge in [-0.3, -0.25) is 4.79 Å². The fourth-order valence-corrected chi connectivity index (χ4v) is 3.66. The molecule has 0 atom stereocenters. The van der Waals surface area contributed by atoms with Crippen LogP contribution in [0, 0.1) is 20.8 Å². The Morgan fingerprint density at radius 3 is 2.30 bits per heavy atom. The number of nitrogens with one attached hydrogen (secondary N) is 2. The number of carbonyl (C=O) groups is 1. The standard InChI is InChI=1S/C24H23BrN6O2/c1-14-15(2)30-31(16(14)3)23-12-11-22(28-29-23)26-17-5-7-18(8-6-17)27-24(32)20-13-19(33-4)9-10-21(20)25/h5-13H,1-4H3,(H,26,28)(H,27,32). The first-order chi connectivity index (χ1) is 15.9. The first-order valence-corrected chi connectivity index (χ1v) is 11.0. The van der Waals surface area contributed by atoms with Crippen molar-refractivity contribution in [3.63, 3.8) is 0 Å². The zero-order valence-corrected chi connectivity index (χ0v) is 20.3. The normalized spacial score (nSPS) is 10.7. The molecule has 0 fully saturated rings. The lowest BCUT2D eigenvalue weighted by Crippen LogP contribution is -2.12. The van der Waals surface area contributed by atoms with Crippen LogP contribution in [0.2, 0.25) is 0 Å². The molecule has 0 bridgehead atoms. The number of carbonyl (C=O) groups excluding carboxylic acids is 1. The summed E-state index contributed by atoms with van der Waals surface area (Å²) in [6.45, 7) is 6.03. The molecule has 168 valence electrons. The second-order valence-electron chi connectivity index (χ2n) is 7.49. The van der Waals surface area contributed by atoms with Crippen LogP contribution in [0.4, 0.5) is 17.2 Å². The Labute approximate surface area is 200 Å². The van der Waals surface area contributed by atoms with E-state index in [1.54, 1.807) is 30.0 Å². The van der Waals surface area contributed by atoms with E-state index in [1.807, 2.05) is 57.2 Å². The number of halogens is 1. The van der Waals surface area contributed by atoms with Gasteiger partial charge in [0.25, 0.3) is 5.91 Å². The molecule has 0 radical (unpaired) electrons. The molecule has 0 aliphatic rings. The van der Waals surface area contributed by atoms with E-state index in [2.05, 4.69) is 41.9 Å². The smallest absolute Gasteiger partial charge is 0.256 e. The molecule has 9 heteroatoms. The third kappa shape index (κ3) is 4.88. The maximum absolute atomic E-state index is 12.6. The Hall–Kier alpha value is -3.72. The highest BCUT2D eigenvalue weighted by Gasteiger charge is 2.13. The van der Waals surface area contributed by atoms with E-state index in [-0.39, 0.29) is 5.91 Å². The molecule has 1 amide bonds. The van der Waals surface area contributed by atoms with E-state index in [0.29, 0.717) is 33.1 Å². The molecule has 4 aromatic rings. The zero-order chi connectivity index (χ0) is 23.5. The Bertz CT molecular complexity index is 1300. The molecule has 2 heterocycles. The summed E-state index contributed by atoms with van der Waals surface area (Å²) >= 11 is 3.41. The molecule has 2 N–H and O–H groups in total. The van der Waals surface area contributed by atoms with E-state index < -0.39 is 0 Å². The van der Waals surface area contributed by atoms with Gasteiger partial charge in [-0.2, -0.15) is 5.10 Å². The number of hydrogen-bond donors (Lipinski definition) is 2. The third-order valence-corrected chi connectivity index (χ3v) is 6.05. The first kappa shape index (κ1) is 22.5. The van der Waals surface area contributed by atoms with Gasteiger partial charge in [-0.15, -0.1) is 10.2 Å². The van der Waals surface area contributed by atoms with Gasteiger partial charge in [0.15, 0.2) is 11.6 Å². The van der Waals surface area contributed by atoms with Gasteiger partial charge in [-0.1, -0.05) is 0 Å². The molecular weight excluding hydrogens is 484 g/mol. The molecule has 33 heavy (non-hydrogen) atoms. The van der Waals surface area contributed by atoms with Crippen LogP contribution in [0.15, 0.2) is 59.1 Å². The number of rotatable bonds is 6. The first-order valence-electron chi connectivity index (χ1n) is 10.2. The number of methoxy groups -OCH3 is 1. The number of aryl methyl sites for hydroxylation is 1. The molecule has 0 spiro atoms. The van der Waals surface area contributed by atoms with Gasteiger partial charge in [-0.25, -0.2) is 4.68 Å². The largest absolute Gasteiger partial charge is 0.497 e. The van der Waals surface area contributed by atoms with Crippen LogP contribution >= 0.6 is 15.9 Å². The molecular formula is C24H23BrN6O2. The lowest BCUT2D eigenvalue weighted by Gasteiger charge is -2.10. The highest BCUT2D eigenvalue weighted by molar-refractivity contribution is 9.10. The van der Waals surface area contributed by atoms with Gasteiger partial charge < -0.3 is 15.4 Å². The van der Waals surface area contributed by atoms with Crippen molar-refractivity contribution >= 4 is 39.0 Å². The van der Waals surface area contributed by atoms with Crippen molar-refractivity contribution in [2.24, 2.45) is 0 Å². The summed E-state index contributed by atoms with van der Waals surface area (Å²) in [5.74, 6) is 1.65. The van der Waals surface area contributed by atoms with Gasteiger partial charge >= 0.3 is 0 Å². The fourth-order valence-electron chi connectivity index (χ4n) is 3.24. The number of ether oxygens (including phenoxy) is 1. The van der Waals surface area contributed by atoms with Gasteiger partial charge in [0.2, 0.25) is 0 Å². The highest BCUT2D eigenvalue weighted by atomic mass is 79.9. The lowest BCUT2D eigenvalue weighted by molar-refractivity contribution is 0.102. The van der Waals surface area contributed by atoms with Crippen LogP contribution in [0.5, 0.6) is 5.75 Å². The third-order valence-electron chi connectivity index (χ3n) is 5.35. The van der Waals surface area contributed by atoms with Crippen molar-refractivity contribution in [3.8, 4) is 11.6 Å². The minimum Gasteiger partial charge on any atom is -0.497 e. The van der Waals surface area contributed by atoms with Crippen molar-refractivity contribution in [1.29, 1.82) is 0 Å². The van der Waals surface area contributed by atoms with E-state index in [9.17, 15) is 4.79 Å². The van der Waals surface area contributed by atoms with Crippen LogP contribution in [-0.2, 0) is 0 Å². The fraction of sp³-hybridized carbons (Fsp3) is 0.167. The van der Waals surface area contributed by atoms with E-state index in [0.717, 1.165) is 22.6 Å². The Morgan fingerprint density at radius 1 is 0.970 bits per heavy atom. The van der Waals surface area contributed by atoms with Crippen LogP contribution < -0.4 is 15.4 Å². The summed E-state index contributed by atoms with van der Waals surface area (Å²) in [6.07, 6.45) is 0. The molecule has 2 aromatic carbocycles. The predicted octanol–water partition coefficient (Wildman–Crippen LogP) is 5.35. The topological polar surface area (TPSA) is 94.0 Å². The Morgan fingerprint density at radius 2 is 1.70 bits per heavy atom. The number of benzene rings is 2. The van der Waals surface area contributed by atoms with Crippen LogP contribution in [0.25, 0.3) is 5.82 Å². The Kier molecular flexibility index (Phi) is 6.41. The average molecular weight is 507 g/mol. The van der Waals surface area contributed by atoms with Crippen molar-refractivity contribution in [3.05, 3.63) is 81.6 Å². The van der Waals surface area contributed by atoms with E-state index >= 15 is 0 Å². The van der Waals surface area contributed by atoms with Gasteiger partial charge in [0.05, 0.1) is 18.4 Å². The average Bonchev–Trinajstić information content (AvgIpc) is 3.08. The van der Waals surface area contributed by atoms with E-state index in [4.69, 9.17) is 4.74 Å². The highest BCUT2D eigenvalue weighted by Crippen LogP contribution is 2.24. The van der Waals surface area contributed by atoms with Gasteiger partial charge in [-0.05, 0) is 96.9 Å². The van der Waals surface area contributed by atoms with Crippen LogP contribution in [-0.4, -0.2) is 33.0 Å². The molecule has 0 saturated heterocycles. The summed E-state index contributed by atoms with van der Waals surface area (Å²) in [7, 11) is 1.56. The quantitative estimate of drug-likeness (QED) is 0.365. The number of anilines is 3. The number of aromatic nitrogens is 4. The minimum absolute atomic E-state index is 0.234. The van der Waals surface area contributed by atoms with Crippen LogP contribution in [0.3, 0.4) is 0 Å². The molecule has 8 nitrogen and oxygen atoms in total. The summed E-state index contributed by atoms with van der Waals surface area (Å²) in [5, 5.41) is 19.2. The SMILES string of the molecule is COc1ccc(Br)c(C(=O)Nc2ccc(Nc3ccc(-n4nc(C)c(C)c4C)nn3)cc2)c1. The second kappa shape index (κ2) is 9.41. The number of hydrogen-bond acceptors (Lipinski definition) is 6. The van der Waals surface area contributed by atoms with Crippen molar-refractivity contribution in [2.45, 2.75) is 20.8 Å². The van der Waals surface area contributed by atoms with Gasteiger partial charge in [0.1, 0.15) is 5.75 Å². The summed E-state index contributed by atoms with van der Waals surface area (Å²) in [6, 6.07) is 16.3. The predicted molar refractivity (Wildman–Crippen MR) is 132 cm³/mol.